The fraction of sp³-hybridized carbons (Fsp3) is 1.00. The van der Waals surface area contributed by atoms with Gasteiger partial charge in [-0.1, -0.05) is 41.0 Å². The SMILES string of the molecule is CCCC(C1C(O)CC2C(C)(CCC3C2(C)CCC(C)C3(C)OC)C1C)C1(C)CC(O)C(C(C)(C)O)O1. The normalized spacial score (nSPS) is 53.4. The molecule has 37 heavy (non-hydrogen) atoms. The fourth-order valence-electron chi connectivity index (χ4n) is 10.6. The number of methoxy groups -OCH3 is 1. The number of aliphatic hydroxyl groups is 3. The molecule has 3 aliphatic carbocycles. The predicted molar refractivity (Wildman–Crippen MR) is 148 cm³/mol. The molecule has 5 heteroatoms. The van der Waals surface area contributed by atoms with Crippen LogP contribution in [0.15, 0.2) is 0 Å². The zero-order valence-corrected chi connectivity index (χ0v) is 25.5. The minimum absolute atomic E-state index is 0.107. The molecule has 3 saturated carbocycles. The first-order chi connectivity index (χ1) is 17.0. The van der Waals surface area contributed by atoms with E-state index < -0.39 is 29.5 Å². The lowest BCUT2D eigenvalue weighted by molar-refractivity contribution is -0.247. The summed E-state index contributed by atoms with van der Waals surface area (Å²) in [6.07, 6.45) is 6.32. The lowest BCUT2D eigenvalue weighted by atomic mass is 9.38. The molecule has 0 aromatic rings. The lowest BCUT2D eigenvalue weighted by Crippen LogP contribution is -2.66. The van der Waals surface area contributed by atoms with Gasteiger partial charge < -0.3 is 24.8 Å². The van der Waals surface area contributed by atoms with Gasteiger partial charge in [0.25, 0.3) is 0 Å². The van der Waals surface area contributed by atoms with Crippen LogP contribution in [0, 0.1) is 46.3 Å². The van der Waals surface area contributed by atoms with Gasteiger partial charge in [0.15, 0.2) is 0 Å². The first kappa shape index (κ1) is 29.8. The van der Waals surface area contributed by atoms with E-state index >= 15 is 0 Å². The van der Waals surface area contributed by atoms with Crippen molar-refractivity contribution in [2.45, 2.75) is 149 Å². The molecule has 0 bridgehead atoms. The van der Waals surface area contributed by atoms with E-state index in [1.807, 2.05) is 7.11 Å². The van der Waals surface area contributed by atoms with E-state index in [2.05, 4.69) is 48.5 Å². The van der Waals surface area contributed by atoms with Crippen LogP contribution in [-0.2, 0) is 9.47 Å². The van der Waals surface area contributed by atoms with Crippen molar-refractivity contribution >= 4 is 0 Å². The van der Waals surface area contributed by atoms with Crippen LogP contribution >= 0.6 is 0 Å². The molecule has 4 aliphatic rings. The van der Waals surface area contributed by atoms with Gasteiger partial charge in [0.1, 0.15) is 6.10 Å². The van der Waals surface area contributed by atoms with Gasteiger partial charge in [-0.25, -0.2) is 0 Å². The van der Waals surface area contributed by atoms with Gasteiger partial charge in [0, 0.05) is 13.5 Å². The Labute approximate surface area is 227 Å². The first-order valence-electron chi connectivity index (χ1n) is 15.3. The zero-order chi connectivity index (χ0) is 27.8. The van der Waals surface area contributed by atoms with Crippen molar-refractivity contribution in [2.24, 2.45) is 46.3 Å². The molecule has 0 aromatic heterocycles. The van der Waals surface area contributed by atoms with Crippen LogP contribution in [0.5, 0.6) is 0 Å². The van der Waals surface area contributed by atoms with Crippen molar-refractivity contribution in [3.8, 4) is 0 Å². The first-order valence-corrected chi connectivity index (χ1v) is 15.3. The summed E-state index contributed by atoms with van der Waals surface area (Å²) < 4.78 is 12.9. The lowest BCUT2D eigenvalue weighted by Gasteiger charge is -2.68. The average molecular weight is 523 g/mol. The Bertz CT molecular complexity index is 824. The van der Waals surface area contributed by atoms with Gasteiger partial charge >= 0.3 is 0 Å². The number of aliphatic hydroxyl groups excluding tert-OH is 2. The number of rotatable bonds is 6. The largest absolute Gasteiger partial charge is 0.393 e. The van der Waals surface area contributed by atoms with E-state index in [9.17, 15) is 15.3 Å². The summed E-state index contributed by atoms with van der Waals surface area (Å²) in [4.78, 5) is 0. The summed E-state index contributed by atoms with van der Waals surface area (Å²) in [5.41, 5.74) is -1.50. The second-order valence-electron chi connectivity index (χ2n) is 15.3. The average Bonchev–Trinajstić information content (AvgIpc) is 3.13. The summed E-state index contributed by atoms with van der Waals surface area (Å²) in [5.74, 6) is 2.08. The molecule has 13 atom stereocenters. The van der Waals surface area contributed by atoms with Gasteiger partial charge in [-0.15, -0.1) is 0 Å². The van der Waals surface area contributed by atoms with Gasteiger partial charge in [-0.2, -0.15) is 0 Å². The Morgan fingerprint density at radius 3 is 2.14 bits per heavy atom. The van der Waals surface area contributed by atoms with Crippen LogP contribution in [-0.4, -0.2) is 57.5 Å². The van der Waals surface area contributed by atoms with Crippen LogP contribution in [0.1, 0.15) is 114 Å². The smallest absolute Gasteiger partial charge is 0.112 e. The molecular formula is C32H58O5. The maximum Gasteiger partial charge on any atom is 0.112 e. The maximum absolute atomic E-state index is 12.0. The number of hydrogen-bond donors (Lipinski definition) is 3. The van der Waals surface area contributed by atoms with Crippen molar-refractivity contribution in [3.05, 3.63) is 0 Å². The van der Waals surface area contributed by atoms with E-state index in [1.54, 1.807) is 13.8 Å². The quantitative estimate of drug-likeness (QED) is 0.400. The highest BCUT2D eigenvalue weighted by Gasteiger charge is 2.66. The minimum atomic E-state index is -1.11. The van der Waals surface area contributed by atoms with E-state index in [4.69, 9.17) is 9.47 Å². The molecule has 0 radical (unpaired) electrons. The minimum Gasteiger partial charge on any atom is -0.393 e. The van der Waals surface area contributed by atoms with E-state index in [-0.39, 0.29) is 28.3 Å². The third-order valence-electron chi connectivity index (χ3n) is 13.0. The van der Waals surface area contributed by atoms with E-state index in [1.165, 1.54) is 25.7 Å². The molecule has 13 unspecified atom stereocenters. The van der Waals surface area contributed by atoms with E-state index in [0.29, 0.717) is 30.1 Å². The summed E-state index contributed by atoms with van der Waals surface area (Å²) in [6, 6.07) is 0. The number of fused-ring (bicyclic) bond motifs is 3. The summed E-state index contributed by atoms with van der Waals surface area (Å²) >= 11 is 0. The van der Waals surface area contributed by atoms with Crippen LogP contribution in [0.3, 0.4) is 0 Å². The topological polar surface area (TPSA) is 79.2 Å². The molecule has 0 amide bonds. The second kappa shape index (κ2) is 9.72. The number of hydrogen-bond acceptors (Lipinski definition) is 5. The molecule has 3 N–H and O–H groups in total. The van der Waals surface area contributed by atoms with Crippen LogP contribution in [0.25, 0.3) is 0 Å². The highest BCUT2D eigenvalue weighted by atomic mass is 16.5. The molecule has 1 saturated heterocycles. The van der Waals surface area contributed by atoms with Gasteiger partial charge in [0.2, 0.25) is 0 Å². The molecule has 0 spiro atoms. The van der Waals surface area contributed by atoms with Crippen molar-refractivity contribution in [2.75, 3.05) is 7.11 Å². The van der Waals surface area contributed by atoms with Gasteiger partial charge in [-0.3, -0.25) is 0 Å². The summed E-state index contributed by atoms with van der Waals surface area (Å²) in [6.45, 7) is 19.9. The Balaban J connectivity index is 1.68. The Morgan fingerprint density at radius 2 is 1.59 bits per heavy atom. The van der Waals surface area contributed by atoms with E-state index in [0.717, 1.165) is 19.3 Å². The second-order valence-corrected chi connectivity index (χ2v) is 15.3. The van der Waals surface area contributed by atoms with Crippen molar-refractivity contribution in [3.63, 3.8) is 0 Å². The molecule has 1 aliphatic heterocycles. The fourth-order valence-corrected chi connectivity index (χ4v) is 10.6. The molecule has 1 heterocycles. The van der Waals surface area contributed by atoms with Crippen molar-refractivity contribution in [1.29, 1.82) is 0 Å². The Kier molecular flexibility index (Phi) is 7.82. The van der Waals surface area contributed by atoms with Crippen LogP contribution < -0.4 is 0 Å². The highest BCUT2D eigenvalue weighted by molar-refractivity contribution is 5.15. The Hall–Kier alpha value is -0.200. The monoisotopic (exact) mass is 522 g/mol. The molecule has 4 rings (SSSR count). The zero-order valence-electron chi connectivity index (χ0n) is 25.5. The molecule has 216 valence electrons. The standard InChI is InChI=1S/C32H58O5/c1-11-12-21(31(8)18-23(34)27(37-31)28(4,5)35)26-20(3)29(6)16-14-24-30(7,25(29)17-22(26)33)15-13-19(2)32(24,9)36-10/h19-27,33-35H,11-18H2,1-10H3. The predicted octanol–water partition coefficient (Wildman–Crippen LogP) is 5.97. The van der Waals surface area contributed by atoms with Gasteiger partial charge in [-0.05, 0) is 113 Å². The third kappa shape index (κ3) is 4.46. The molecule has 5 nitrogen and oxygen atoms in total. The number of ether oxygens (including phenoxy) is 2. The summed E-state index contributed by atoms with van der Waals surface area (Å²) in [7, 11) is 1.90. The highest BCUT2D eigenvalue weighted by Crippen LogP contribution is 2.69. The molecule has 4 fully saturated rings. The molecule has 0 aromatic carbocycles. The molecular weight excluding hydrogens is 464 g/mol. The van der Waals surface area contributed by atoms with Crippen molar-refractivity contribution in [1.82, 2.24) is 0 Å². The maximum atomic E-state index is 12.0. The van der Waals surface area contributed by atoms with Crippen molar-refractivity contribution < 1.29 is 24.8 Å². The summed E-state index contributed by atoms with van der Waals surface area (Å²) in [5, 5.41) is 33.7. The van der Waals surface area contributed by atoms with Crippen LogP contribution in [0.4, 0.5) is 0 Å². The van der Waals surface area contributed by atoms with Gasteiger partial charge in [0.05, 0.1) is 29.0 Å². The van der Waals surface area contributed by atoms with Crippen LogP contribution in [0.2, 0.25) is 0 Å². The third-order valence-corrected chi connectivity index (χ3v) is 13.0. The Morgan fingerprint density at radius 1 is 0.973 bits per heavy atom.